The summed E-state index contributed by atoms with van der Waals surface area (Å²) >= 11 is 7.50. The first-order valence-electron chi connectivity index (χ1n) is 8.55. The Morgan fingerprint density at radius 1 is 1.44 bits per heavy atom. The predicted octanol–water partition coefficient (Wildman–Crippen LogP) is 2.66. The van der Waals surface area contributed by atoms with Gasteiger partial charge in [-0.05, 0) is 37.5 Å². The second kappa shape index (κ2) is 8.00. The van der Waals surface area contributed by atoms with Crippen LogP contribution in [0.1, 0.15) is 18.4 Å². The molecule has 0 aliphatic carbocycles. The molecule has 1 aromatic heterocycles. The molecule has 1 aliphatic heterocycles. The fourth-order valence-corrected chi connectivity index (χ4v) is 4.72. The Balaban J connectivity index is 1.93. The number of benzene rings is 1. The Bertz CT molecular complexity index is 954. The van der Waals surface area contributed by atoms with Gasteiger partial charge in [0.25, 0.3) is 0 Å². The molecule has 0 spiro atoms. The summed E-state index contributed by atoms with van der Waals surface area (Å²) in [4.78, 5) is 19.1. The average Bonchev–Trinajstić information content (AvgIpc) is 3.20. The maximum Gasteiger partial charge on any atom is 0.244 e. The summed E-state index contributed by atoms with van der Waals surface area (Å²) in [5, 5.41) is 1.14. The number of thiazole rings is 1. The second-order valence-electron chi connectivity index (χ2n) is 6.72. The highest BCUT2D eigenvalue weighted by molar-refractivity contribution is 7.88. The first-order chi connectivity index (χ1) is 12.6. The number of likely N-dealkylation sites (N-methyl/N-ethyl adjacent to an activating group) is 1. The van der Waals surface area contributed by atoms with E-state index < -0.39 is 10.0 Å². The van der Waals surface area contributed by atoms with E-state index in [1.54, 1.807) is 0 Å². The number of hydrogen-bond acceptors (Lipinski definition) is 6. The zero-order chi connectivity index (χ0) is 19.8. The standard InChI is InChI=1S/C17H22ClN3O4S2/c1-11-7-12(18)8-14-16(11)19-17(26-14)21(9-13-5-4-6-25-13)15(22)10-20(2)27(3,23)24/h7-8,13H,4-6,9-10H2,1-3H3/t13-/m1/s1. The van der Waals surface area contributed by atoms with Crippen molar-refractivity contribution in [1.82, 2.24) is 9.29 Å². The Morgan fingerprint density at radius 2 is 2.19 bits per heavy atom. The summed E-state index contributed by atoms with van der Waals surface area (Å²) in [7, 11) is -2.07. The lowest BCUT2D eigenvalue weighted by Crippen LogP contribution is -2.44. The molecule has 1 atom stereocenters. The van der Waals surface area contributed by atoms with E-state index in [-0.39, 0.29) is 18.6 Å². The normalized spacial score (nSPS) is 17.7. The van der Waals surface area contributed by atoms with Crippen molar-refractivity contribution in [2.45, 2.75) is 25.9 Å². The Labute approximate surface area is 167 Å². The Hall–Kier alpha value is -1.26. The third-order valence-corrected chi connectivity index (χ3v) is 7.01. The number of nitrogens with zero attached hydrogens (tertiary/aromatic N) is 3. The summed E-state index contributed by atoms with van der Waals surface area (Å²) in [5.41, 5.74) is 1.72. The number of fused-ring (bicyclic) bond motifs is 1. The van der Waals surface area contributed by atoms with E-state index in [1.165, 1.54) is 23.3 Å². The summed E-state index contributed by atoms with van der Waals surface area (Å²) in [6.07, 6.45) is 2.81. The van der Waals surface area contributed by atoms with Gasteiger partial charge in [-0.25, -0.2) is 13.4 Å². The molecule has 2 heterocycles. The fourth-order valence-electron chi connectivity index (χ4n) is 2.93. The summed E-state index contributed by atoms with van der Waals surface area (Å²) in [6, 6.07) is 3.65. The number of anilines is 1. The van der Waals surface area contributed by atoms with Crippen molar-refractivity contribution in [3.05, 3.63) is 22.7 Å². The van der Waals surface area contributed by atoms with Crippen LogP contribution in [-0.4, -0.2) is 62.7 Å². The SMILES string of the molecule is Cc1cc(Cl)cc2sc(N(C[C@H]3CCCO3)C(=O)CN(C)S(C)(=O)=O)nc12. The average molecular weight is 432 g/mol. The molecular formula is C17H22ClN3O4S2. The number of hydrogen-bond donors (Lipinski definition) is 0. The third-order valence-electron chi connectivity index (χ3n) is 4.51. The number of halogens is 1. The summed E-state index contributed by atoms with van der Waals surface area (Å²) in [5.74, 6) is -0.332. The molecule has 0 N–H and O–H groups in total. The number of rotatable bonds is 6. The van der Waals surface area contributed by atoms with Crippen LogP contribution in [0, 0.1) is 6.92 Å². The van der Waals surface area contributed by atoms with Crippen molar-refractivity contribution >= 4 is 54.2 Å². The van der Waals surface area contributed by atoms with Crippen LogP contribution in [0.4, 0.5) is 5.13 Å². The topological polar surface area (TPSA) is 79.8 Å². The predicted molar refractivity (Wildman–Crippen MR) is 108 cm³/mol. The van der Waals surface area contributed by atoms with Crippen molar-refractivity contribution < 1.29 is 17.9 Å². The molecule has 0 unspecified atom stereocenters. The third kappa shape index (κ3) is 4.78. The fraction of sp³-hybridized carbons (Fsp3) is 0.529. The second-order valence-corrected chi connectivity index (χ2v) is 10.3. The van der Waals surface area contributed by atoms with Crippen molar-refractivity contribution in [3.8, 4) is 0 Å². The van der Waals surface area contributed by atoms with Gasteiger partial charge in [0.15, 0.2) is 5.13 Å². The number of carbonyl (C=O) groups is 1. The van der Waals surface area contributed by atoms with Crippen molar-refractivity contribution in [3.63, 3.8) is 0 Å². The number of amides is 1. The van der Waals surface area contributed by atoms with Gasteiger partial charge in [-0.2, -0.15) is 4.31 Å². The highest BCUT2D eigenvalue weighted by Crippen LogP contribution is 2.33. The quantitative estimate of drug-likeness (QED) is 0.702. The van der Waals surface area contributed by atoms with Crippen LogP contribution in [0.5, 0.6) is 0 Å². The van der Waals surface area contributed by atoms with E-state index in [0.717, 1.165) is 39.2 Å². The van der Waals surface area contributed by atoms with Gasteiger partial charge in [0, 0.05) is 18.7 Å². The minimum absolute atomic E-state index is 0.0748. The number of aromatic nitrogens is 1. The van der Waals surface area contributed by atoms with E-state index in [1.807, 2.05) is 19.1 Å². The van der Waals surface area contributed by atoms with Gasteiger partial charge in [0.2, 0.25) is 15.9 Å². The summed E-state index contributed by atoms with van der Waals surface area (Å²) in [6.45, 7) is 2.69. The van der Waals surface area contributed by atoms with Crippen molar-refractivity contribution in [2.75, 3.05) is 37.9 Å². The van der Waals surface area contributed by atoms with Crippen LogP contribution in [0.15, 0.2) is 12.1 Å². The van der Waals surface area contributed by atoms with Crippen LogP contribution in [0.2, 0.25) is 5.02 Å². The molecule has 1 saturated heterocycles. The van der Waals surface area contributed by atoms with Crippen LogP contribution < -0.4 is 4.90 Å². The van der Waals surface area contributed by atoms with E-state index in [4.69, 9.17) is 16.3 Å². The number of ether oxygens (including phenoxy) is 1. The lowest BCUT2D eigenvalue weighted by molar-refractivity contribution is -0.119. The molecule has 2 aromatic rings. The maximum absolute atomic E-state index is 12.9. The molecule has 27 heavy (non-hydrogen) atoms. The van der Waals surface area contributed by atoms with Crippen LogP contribution >= 0.6 is 22.9 Å². The minimum atomic E-state index is -3.46. The molecule has 1 amide bonds. The molecule has 0 bridgehead atoms. The largest absolute Gasteiger partial charge is 0.376 e. The monoisotopic (exact) mass is 431 g/mol. The lowest BCUT2D eigenvalue weighted by atomic mass is 10.2. The first-order valence-corrected chi connectivity index (χ1v) is 11.6. The molecule has 148 valence electrons. The number of carbonyl (C=O) groups excluding carboxylic acids is 1. The maximum atomic E-state index is 12.9. The van der Waals surface area contributed by atoms with Crippen molar-refractivity contribution in [1.29, 1.82) is 0 Å². The molecule has 0 radical (unpaired) electrons. The molecule has 7 nitrogen and oxygen atoms in total. The zero-order valence-corrected chi connectivity index (χ0v) is 17.8. The highest BCUT2D eigenvalue weighted by atomic mass is 35.5. The molecule has 1 aliphatic rings. The van der Waals surface area contributed by atoms with Crippen molar-refractivity contribution in [2.24, 2.45) is 0 Å². The molecule has 1 aromatic carbocycles. The Kier molecular flexibility index (Phi) is 6.07. The van der Waals surface area contributed by atoms with Gasteiger partial charge in [0.05, 0.1) is 35.7 Å². The van der Waals surface area contributed by atoms with E-state index in [2.05, 4.69) is 4.98 Å². The molecule has 10 heteroatoms. The van der Waals surface area contributed by atoms with Gasteiger partial charge in [-0.15, -0.1) is 0 Å². The van der Waals surface area contributed by atoms with Gasteiger partial charge in [-0.3, -0.25) is 9.69 Å². The molecule has 1 fully saturated rings. The van der Waals surface area contributed by atoms with Gasteiger partial charge in [0.1, 0.15) is 0 Å². The van der Waals surface area contributed by atoms with Gasteiger partial charge < -0.3 is 4.74 Å². The van der Waals surface area contributed by atoms with Crippen LogP contribution in [0.25, 0.3) is 10.2 Å². The lowest BCUT2D eigenvalue weighted by Gasteiger charge is -2.25. The minimum Gasteiger partial charge on any atom is -0.376 e. The smallest absolute Gasteiger partial charge is 0.244 e. The number of sulfonamides is 1. The first kappa shape index (κ1) is 20.5. The van der Waals surface area contributed by atoms with Gasteiger partial charge >= 0.3 is 0 Å². The highest BCUT2D eigenvalue weighted by Gasteiger charge is 2.28. The number of aryl methyl sites for hydroxylation is 1. The molecule has 3 rings (SSSR count). The molecular weight excluding hydrogens is 410 g/mol. The zero-order valence-electron chi connectivity index (χ0n) is 15.4. The van der Waals surface area contributed by atoms with E-state index >= 15 is 0 Å². The van der Waals surface area contributed by atoms with E-state index in [0.29, 0.717) is 23.3 Å². The van der Waals surface area contributed by atoms with Crippen LogP contribution in [0.3, 0.4) is 0 Å². The Morgan fingerprint density at radius 3 is 2.81 bits per heavy atom. The molecule has 0 saturated carbocycles. The van der Waals surface area contributed by atoms with E-state index in [9.17, 15) is 13.2 Å². The van der Waals surface area contributed by atoms with Crippen LogP contribution in [-0.2, 0) is 19.6 Å². The summed E-state index contributed by atoms with van der Waals surface area (Å²) < 4.78 is 31.0. The van der Waals surface area contributed by atoms with Gasteiger partial charge in [-0.1, -0.05) is 22.9 Å².